The van der Waals surface area contributed by atoms with Crippen LogP contribution in [0.3, 0.4) is 0 Å². The van der Waals surface area contributed by atoms with E-state index >= 15 is 0 Å². The Labute approximate surface area is 96.3 Å². The topological polar surface area (TPSA) is 105 Å². The van der Waals surface area contributed by atoms with Gasteiger partial charge in [0.25, 0.3) is 10.1 Å². The lowest BCUT2D eigenvalue weighted by Crippen LogP contribution is -2.30. The summed E-state index contributed by atoms with van der Waals surface area (Å²) in [5, 5.41) is 0. The minimum absolute atomic E-state index is 0. The Kier molecular flexibility index (Phi) is 7.23. The smallest absolute Gasteiger partial charge is 0.333 e. The predicted octanol–water partition coefficient (Wildman–Crippen LogP) is 1.02. The monoisotopic (exact) mass is 253 g/mol. The van der Waals surface area contributed by atoms with Gasteiger partial charge in [0.2, 0.25) is 0 Å². The van der Waals surface area contributed by atoms with Crippen LogP contribution in [0.4, 0.5) is 0 Å². The van der Waals surface area contributed by atoms with E-state index in [0.29, 0.717) is 0 Å². The zero-order chi connectivity index (χ0) is 12.2. The molecular formula is C9H19NO5S. The van der Waals surface area contributed by atoms with E-state index in [1.807, 2.05) is 0 Å². The van der Waals surface area contributed by atoms with E-state index in [4.69, 9.17) is 4.74 Å². The fourth-order valence-electron chi connectivity index (χ4n) is 0.719. The van der Waals surface area contributed by atoms with Crippen molar-refractivity contribution in [2.45, 2.75) is 33.0 Å². The van der Waals surface area contributed by atoms with Crippen molar-refractivity contribution < 1.29 is 22.1 Å². The van der Waals surface area contributed by atoms with E-state index in [1.165, 1.54) is 13.8 Å². The molecule has 7 heteroatoms. The molecule has 0 spiro atoms. The van der Waals surface area contributed by atoms with Gasteiger partial charge < -0.3 is 10.9 Å². The Morgan fingerprint density at radius 2 is 1.69 bits per heavy atom. The molecule has 2 atom stereocenters. The number of ether oxygens (including phenoxy) is 1. The highest BCUT2D eigenvalue weighted by molar-refractivity contribution is 7.86. The van der Waals surface area contributed by atoms with Crippen LogP contribution in [0.1, 0.15) is 20.8 Å². The van der Waals surface area contributed by atoms with Gasteiger partial charge in [0.15, 0.2) is 0 Å². The summed E-state index contributed by atoms with van der Waals surface area (Å²) in [5.41, 5.74) is 0.258. The molecule has 0 saturated heterocycles. The molecule has 0 aliphatic rings. The fraction of sp³-hybridized carbons (Fsp3) is 0.667. The van der Waals surface area contributed by atoms with Crippen LogP contribution in [0.25, 0.3) is 0 Å². The van der Waals surface area contributed by atoms with Crippen LogP contribution in [0, 0.1) is 0 Å². The average Bonchev–Trinajstić information content (AvgIpc) is 2.00. The highest BCUT2D eigenvalue weighted by Crippen LogP contribution is 2.08. The standard InChI is InChI=1S/C9H16O5S.H3N/c1-6(2)9(10)13-7(3)8(4)14-15(5,11)12;/h7-8H,1H2,2-5H3;1H3. The highest BCUT2D eigenvalue weighted by atomic mass is 32.2. The number of carbonyl (C=O) groups is 1. The van der Waals surface area contributed by atoms with Crippen molar-refractivity contribution in [2.24, 2.45) is 0 Å². The Hall–Kier alpha value is -0.920. The molecule has 3 N–H and O–H groups in total. The fourth-order valence-corrected chi connectivity index (χ4v) is 1.43. The zero-order valence-corrected chi connectivity index (χ0v) is 10.8. The molecule has 96 valence electrons. The number of rotatable bonds is 5. The van der Waals surface area contributed by atoms with Crippen molar-refractivity contribution in [3.63, 3.8) is 0 Å². The van der Waals surface area contributed by atoms with Crippen molar-refractivity contribution in [1.82, 2.24) is 6.15 Å². The van der Waals surface area contributed by atoms with Gasteiger partial charge in [-0.3, -0.25) is 4.18 Å². The third kappa shape index (κ3) is 7.38. The van der Waals surface area contributed by atoms with Crippen molar-refractivity contribution in [3.05, 3.63) is 12.2 Å². The lowest BCUT2D eigenvalue weighted by molar-refractivity contribution is -0.147. The van der Waals surface area contributed by atoms with E-state index in [2.05, 4.69) is 10.8 Å². The van der Waals surface area contributed by atoms with Crippen LogP contribution in [-0.4, -0.2) is 32.9 Å². The Morgan fingerprint density at radius 1 is 1.25 bits per heavy atom. The third-order valence-corrected chi connectivity index (χ3v) is 2.28. The molecule has 16 heavy (non-hydrogen) atoms. The van der Waals surface area contributed by atoms with Crippen molar-refractivity contribution >= 4 is 16.1 Å². The molecule has 0 aliphatic heterocycles. The van der Waals surface area contributed by atoms with E-state index in [9.17, 15) is 13.2 Å². The van der Waals surface area contributed by atoms with Crippen LogP contribution in [0.5, 0.6) is 0 Å². The van der Waals surface area contributed by atoms with Gasteiger partial charge in [-0.1, -0.05) is 6.58 Å². The van der Waals surface area contributed by atoms with Gasteiger partial charge in [0.05, 0.1) is 6.26 Å². The second-order valence-electron chi connectivity index (χ2n) is 3.40. The molecule has 0 rings (SSSR count). The molecule has 0 bridgehead atoms. The lowest BCUT2D eigenvalue weighted by atomic mass is 10.2. The van der Waals surface area contributed by atoms with Gasteiger partial charge in [-0.2, -0.15) is 8.42 Å². The molecule has 0 aromatic heterocycles. The first kappa shape index (κ1) is 17.5. The lowest BCUT2D eigenvalue weighted by Gasteiger charge is -2.19. The molecule has 6 nitrogen and oxygen atoms in total. The summed E-state index contributed by atoms with van der Waals surface area (Å²) in [4.78, 5) is 11.1. The SMILES string of the molecule is C=C(C)C(=O)OC(C)C(C)OS(C)(=O)=O.N. The van der Waals surface area contributed by atoms with Gasteiger partial charge in [0.1, 0.15) is 12.2 Å². The van der Waals surface area contributed by atoms with Crippen LogP contribution >= 0.6 is 0 Å². The van der Waals surface area contributed by atoms with E-state index in [-0.39, 0.29) is 11.7 Å². The molecule has 2 unspecified atom stereocenters. The quantitative estimate of drug-likeness (QED) is 0.445. The van der Waals surface area contributed by atoms with Gasteiger partial charge >= 0.3 is 5.97 Å². The molecule has 0 heterocycles. The van der Waals surface area contributed by atoms with Crippen LogP contribution in [0.2, 0.25) is 0 Å². The third-order valence-electron chi connectivity index (χ3n) is 1.63. The zero-order valence-electron chi connectivity index (χ0n) is 10.0. The van der Waals surface area contributed by atoms with Crippen LogP contribution < -0.4 is 6.15 Å². The highest BCUT2D eigenvalue weighted by Gasteiger charge is 2.21. The summed E-state index contributed by atoms with van der Waals surface area (Å²) in [6, 6.07) is 0. The summed E-state index contributed by atoms with van der Waals surface area (Å²) in [6.07, 6.45) is -0.427. The first-order valence-corrected chi connectivity index (χ1v) is 6.20. The largest absolute Gasteiger partial charge is 0.457 e. The minimum Gasteiger partial charge on any atom is -0.457 e. The molecular weight excluding hydrogens is 234 g/mol. The second-order valence-corrected chi connectivity index (χ2v) is 5.00. The Morgan fingerprint density at radius 3 is 2.00 bits per heavy atom. The minimum atomic E-state index is -3.54. The first-order valence-electron chi connectivity index (χ1n) is 4.38. The number of hydrogen-bond donors (Lipinski definition) is 1. The molecule has 0 aromatic carbocycles. The number of hydrogen-bond acceptors (Lipinski definition) is 6. The number of esters is 1. The molecule has 0 aromatic rings. The maximum atomic E-state index is 11.1. The average molecular weight is 253 g/mol. The predicted molar refractivity (Wildman–Crippen MR) is 60.8 cm³/mol. The first-order chi connectivity index (χ1) is 6.63. The summed E-state index contributed by atoms with van der Waals surface area (Å²) < 4.78 is 31.1. The van der Waals surface area contributed by atoms with E-state index < -0.39 is 28.3 Å². The van der Waals surface area contributed by atoms with E-state index in [1.54, 1.807) is 6.92 Å². The second kappa shape index (κ2) is 6.62. The molecule has 0 saturated carbocycles. The normalized spacial score (nSPS) is 14.5. The Balaban J connectivity index is 0. The van der Waals surface area contributed by atoms with Crippen molar-refractivity contribution in [1.29, 1.82) is 0 Å². The summed E-state index contributed by atoms with van der Waals surface area (Å²) >= 11 is 0. The molecule has 0 amide bonds. The maximum absolute atomic E-state index is 11.1. The maximum Gasteiger partial charge on any atom is 0.333 e. The number of carbonyl (C=O) groups excluding carboxylic acids is 1. The van der Waals surface area contributed by atoms with Crippen LogP contribution in [-0.2, 0) is 23.8 Å². The summed E-state index contributed by atoms with van der Waals surface area (Å²) in [7, 11) is -3.54. The summed E-state index contributed by atoms with van der Waals surface area (Å²) in [5.74, 6) is -0.563. The van der Waals surface area contributed by atoms with Crippen molar-refractivity contribution in [2.75, 3.05) is 6.26 Å². The van der Waals surface area contributed by atoms with Gasteiger partial charge in [-0.25, -0.2) is 4.79 Å². The summed E-state index contributed by atoms with van der Waals surface area (Å²) in [6.45, 7) is 7.98. The van der Waals surface area contributed by atoms with Crippen molar-refractivity contribution in [3.8, 4) is 0 Å². The Bertz CT molecular complexity index is 349. The van der Waals surface area contributed by atoms with Gasteiger partial charge in [-0.15, -0.1) is 0 Å². The van der Waals surface area contributed by atoms with E-state index in [0.717, 1.165) is 6.26 Å². The molecule has 0 radical (unpaired) electrons. The van der Waals surface area contributed by atoms with Gasteiger partial charge in [-0.05, 0) is 20.8 Å². The van der Waals surface area contributed by atoms with Gasteiger partial charge in [0, 0.05) is 5.57 Å². The molecule has 0 aliphatic carbocycles. The molecule has 0 fully saturated rings. The van der Waals surface area contributed by atoms with Crippen LogP contribution in [0.15, 0.2) is 12.2 Å².